The number of nitrogens with one attached hydrogen (secondary N) is 1. The number of rotatable bonds is 6. The van der Waals surface area contributed by atoms with Gasteiger partial charge in [0.1, 0.15) is 0 Å². The number of hydrogen-bond donors (Lipinski definition) is 1. The number of nitro benzene ring substituents is 1. The highest BCUT2D eigenvalue weighted by Gasteiger charge is 2.20. The van der Waals surface area contributed by atoms with E-state index in [1.165, 1.54) is 25.3 Å². The molecule has 1 unspecified atom stereocenters. The Kier molecular flexibility index (Phi) is 6.18. The van der Waals surface area contributed by atoms with Gasteiger partial charge in [-0.05, 0) is 12.0 Å². The summed E-state index contributed by atoms with van der Waals surface area (Å²) in [5, 5.41) is 13.7. The largest absolute Gasteiger partial charge is 0.490 e. The molecule has 0 fully saturated rings. The van der Waals surface area contributed by atoms with E-state index in [1.54, 1.807) is 0 Å². The maximum absolute atomic E-state index is 12.1. The van der Waals surface area contributed by atoms with Crippen LogP contribution in [0.25, 0.3) is 0 Å². The van der Waals surface area contributed by atoms with Crippen LogP contribution in [0, 0.1) is 16.0 Å². The Labute approximate surface area is 131 Å². The molecule has 1 aromatic rings. The summed E-state index contributed by atoms with van der Waals surface area (Å²) < 4.78 is 5.75. The molecule has 0 aliphatic rings. The monoisotopic (exact) mass is 392 g/mol. The molecule has 0 saturated heterocycles. The van der Waals surface area contributed by atoms with Gasteiger partial charge in [0.2, 0.25) is 0 Å². The van der Waals surface area contributed by atoms with E-state index in [4.69, 9.17) is 4.74 Å². The molecule has 0 aliphatic carbocycles. The minimum Gasteiger partial charge on any atom is -0.490 e. The van der Waals surface area contributed by atoms with E-state index in [0.717, 1.165) is 4.43 Å². The van der Waals surface area contributed by atoms with Crippen LogP contribution in [0.15, 0.2) is 18.2 Å². The zero-order valence-corrected chi connectivity index (χ0v) is 13.7. The Morgan fingerprint density at radius 2 is 2.15 bits per heavy atom. The molecule has 0 radical (unpaired) electrons. The van der Waals surface area contributed by atoms with Crippen LogP contribution in [0.4, 0.5) is 5.69 Å². The van der Waals surface area contributed by atoms with Gasteiger partial charge >= 0.3 is 5.69 Å². The van der Waals surface area contributed by atoms with Crippen LogP contribution in [-0.2, 0) is 0 Å². The molecule has 1 atom stereocenters. The van der Waals surface area contributed by atoms with Crippen LogP contribution < -0.4 is 10.1 Å². The van der Waals surface area contributed by atoms with E-state index < -0.39 is 4.92 Å². The summed E-state index contributed by atoms with van der Waals surface area (Å²) in [5.41, 5.74) is 0.196. The quantitative estimate of drug-likeness (QED) is 0.349. The molecule has 0 bridgehead atoms. The molecule has 0 aliphatic heterocycles. The number of halogens is 1. The molecule has 20 heavy (non-hydrogen) atoms. The normalized spacial score (nSPS) is 12.1. The Balaban J connectivity index is 2.97. The maximum atomic E-state index is 12.1. The second-order valence-electron chi connectivity index (χ2n) is 4.62. The molecule has 7 heteroatoms. The summed E-state index contributed by atoms with van der Waals surface area (Å²) in [6.45, 7) is 4.06. The number of ether oxygens (including phenoxy) is 1. The third-order valence-corrected chi connectivity index (χ3v) is 3.87. The van der Waals surface area contributed by atoms with Crippen molar-refractivity contribution in [3.63, 3.8) is 0 Å². The van der Waals surface area contributed by atoms with Gasteiger partial charge in [-0.25, -0.2) is 0 Å². The Hall–Kier alpha value is -1.38. The number of amides is 1. The van der Waals surface area contributed by atoms with Crippen molar-refractivity contribution in [1.29, 1.82) is 0 Å². The Bertz CT molecular complexity index is 505. The van der Waals surface area contributed by atoms with Crippen molar-refractivity contribution < 1.29 is 14.5 Å². The van der Waals surface area contributed by atoms with E-state index in [1.807, 2.05) is 13.8 Å². The lowest BCUT2D eigenvalue weighted by Crippen LogP contribution is -2.39. The second kappa shape index (κ2) is 7.41. The minimum absolute atomic E-state index is 0.0595. The van der Waals surface area contributed by atoms with Gasteiger partial charge in [-0.3, -0.25) is 14.9 Å². The van der Waals surface area contributed by atoms with Crippen LogP contribution in [0.2, 0.25) is 0 Å². The molecule has 1 N–H and O–H groups in total. The highest BCUT2D eigenvalue weighted by Crippen LogP contribution is 2.27. The minimum atomic E-state index is -0.539. The lowest BCUT2D eigenvalue weighted by atomic mass is 10.1. The topological polar surface area (TPSA) is 81.5 Å². The predicted molar refractivity (Wildman–Crippen MR) is 84.6 cm³/mol. The van der Waals surface area contributed by atoms with Crippen molar-refractivity contribution in [2.45, 2.75) is 19.9 Å². The number of nitro groups is 1. The molecule has 1 amide bonds. The number of benzene rings is 1. The summed E-state index contributed by atoms with van der Waals surface area (Å²) in [6.07, 6.45) is 0. The van der Waals surface area contributed by atoms with E-state index >= 15 is 0 Å². The highest BCUT2D eigenvalue weighted by molar-refractivity contribution is 14.1. The number of carbonyl (C=O) groups excluding carboxylic acids is 1. The molecular formula is C13H17IN2O4. The molecule has 1 rings (SSSR count). The predicted octanol–water partition coefficient (Wildman–Crippen LogP) is 2.79. The molecule has 110 valence electrons. The van der Waals surface area contributed by atoms with Crippen molar-refractivity contribution >= 4 is 34.2 Å². The number of hydrogen-bond acceptors (Lipinski definition) is 4. The van der Waals surface area contributed by atoms with Crippen molar-refractivity contribution in [2.75, 3.05) is 11.5 Å². The molecule has 1 aromatic carbocycles. The zero-order chi connectivity index (χ0) is 15.3. The number of carbonyl (C=O) groups is 1. The first-order chi connectivity index (χ1) is 9.40. The highest BCUT2D eigenvalue weighted by atomic mass is 127. The average molecular weight is 392 g/mol. The van der Waals surface area contributed by atoms with Gasteiger partial charge < -0.3 is 10.1 Å². The van der Waals surface area contributed by atoms with E-state index in [2.05, 4.69) is 27.9 Å². The summed E-state index contributed by atoms with van der Waals surface area (Å²) in [6, 6.07) is 4.16. The Morgan fingerprint density at radius 1 is 1.50 bits per heavy atom. The molecular weight excluding hydrogens is 375 g/mol. The van der Waals surface area contributed by atoms with Crippen LogP contribution in [-0.4, -0.2) is 28.4 Å². The van der Waals surface area contributed by atoms with Crippen LogP contribution >= 0.6 is 22.6 Å². The fourth-order valence-corrected chi connectivity index (χ4v) is 2.84. The van der Waals surface area contributed by atoms with Crippen molar-refractivity contribution in [2.24, 2.45) is 5.92 Å². The molecule has 0 saturated carbocycles. The van der Waals surface area contributed by atoms with E-state index in [0.29, 0.717) is 11.5 Å². The smallest absolute Gasteiger partial charge is 0.310 e. The zero-order valence-electron chi connectivity index (χ0n) is 11.6. The molecule has 6 nitrogen and oxygen atoms in total. The van der Waals surface area contributed by atoms with Gasteiger partial charge in [-0.1, -0.05) is 36.4 Å². The molecule has 0 spiro atoms. The summed E-state index contributed by atoms with van der Waals surface area (Å²) in [7, 11) is 1.34. The average Bonchev–Trinajstić information content (AvgIpc) is 2.43. The SMILES string of the molecule is COc1cc(C(=O)NC(CI)C(C)C)ccc1[N+](=O)[O-]. The van der Waals surface area contributed by atoms with Crippen molar-refractivity contribution in [1.82, 2.24) is 5.32 Å². The molecule has 0 heterocycles. The third kappa shape index (κ3) is 4.06. The lowest BCUT2D eigenvalue weighted by Gasteiger charge is -2.20. The van der Waals surface area contributed by atoms with Gasteiger partial charge in [0, 0.05) is 28.2 Å². The summed E-state index contributed by atoms with van der Waals surface area (Å²) >= 11 is 2.22. The van der Waals surface area contributed by atoms with Crippen molar-refractivity contribution in [3.05, 3.63) is 33.9 Å². The number of methoxy groups -OCH3 is 1. The molecule has 0 aromatic heterocycles. The van der Waals surface area contributed by atoms with Crippen molar-refractivity contribution in [3.8, 4) is 5.75 Å². The first-order valence-corrected chi connectivity index (χ1v) is 7.62. The van der Waals surface area contributed by atoms with Crippen LogP contribution in [0.5, 0.6) is 5.75 Å². The Morgan fingerprint density at radius 3 is 2.60 bits per heavy atom. The first kappa shape index (κ1) is 16.7. The second-order valence-corrected chi connectivity index (χ2v) is 5.50. The van der Waals surface area contributed by atoms with E-state index in [9.17, 15) is 14.9 Å². The van der Waals surface area contributed by atoms with Crippen LogP contribution in [0.3, 0.4) is 0 Å². The van der Waals surface area contributed by atoms with Crippen LogP contribution in [0.1, 0.15) is 24.2 Å². The summed E-state index contributed by atoms with van der Waals surface area (Å²) in [4.78, 5) is 22.4. The standard InChI is InChI=1S/C13H17IN2O4/c1-8(2)10(7-14)15-13(17)9-4-5-11(16(18)19)12(6-9)20-3/h4-6,8,10H,7H2,1-3H3,(H,15,17). The summed E-state index contributed by atoms with van der Waals surface area (Å²) in [5.74, 6) is 0.141. The van der Waals surface area contributed by atoms with E-state index in [-0.39, 0.29) is 23.4 Å². The third-order valence-electron chi connectivity index (χ3n) is 2.93. The fraction of sp³-hybridized carbons (Fsp3) is 0.462. The van der Waals surface area contributed by atoms with Gasteiger partial charge in [-0.2, -0.15) is 0 Å². The maximum Gasteiger partial charge on any atom is 0.310 e. The first-order valence-electron chi connectivity index (χ1n) is 6.10. The fourth-order valence-electron chi connectivity index (χ4n) is 1.60. The van der Waals surface area contributed by atoms with Gasteiger partial charge in [-0.15, -0.1) is 0 Å². The van der Waals surface area contributed by atoms with Gasteiger partial charge in [0.25, 0.3) is 5.91 Å². The van der Waals surface area contributed by atoms with Gasteiger partial charge in [0.05, 0.1) is 12.0 Å². The van der Waals surface area contributed by atoms with Gasteiger partial charge in [0.15, 0.2) is 5.75 Å². The lowest BCUT2D eigenvalue weighted by molar-refractivity contribution is -0.385. The number of alkyl halides is 1. The number of nitrogens with zero attached hydrogens (tertiary/aromatic N) is 1.